The van der Waals surface area contributed by atoms with Crippen LogP contribution in [0, 0.1) is 0 Å². The molecule has 0 radical (unpaired) electrons. The average Bonchev–Trinajstić information content (AvgIpc) is 3.02. The first-order valence-corrected chi connectivity index (χ1v) is 9.57. The second-order valence-electron chi connectivity index (χ2n) is 7.26. The average molecular weight is 377 g/mol. The van der Waals surface area contributed by atoms with Crippen molar-refractivity contribution in [3.63, 3.8) is 0 Å². The van der Waals surface area contributed by atoms with Crippen LogP contribution in [0.1, 0.15) is 40.7 Å². The lowest BCUT2D eigenvalue weighted by molar-refractivity contribution is -0.110. The Hall–Kier alpha value is -3.12. The third-order valence-electron chi connectivity index (χ3n) is 5.24. The minimum absolute atomic E-state index is 0.151. The van der Waals surface area contributed by atoms with Gasteiger partial charge in [-0.25, -0.2) is 4.79 Å². The van der Waals surface area contributed by atoms with Gasteiger partial charge in [-0.3, -0.25) is 9.69 Å². The molecule has 0 atom stereocenters. The predicted molar refractivity (Wildman–Crippen MR) is 109 cm³/mol. The standard InChI is InChI=1S/C22H23N3O3/c26-21-19(18-9-6-16(22(27)28)12-20(18)24-21)13-23-17-7-4-15(5-8-17)14-25-10-2-1-3-11-25/h4-9,12-13,23H,1-3,10-11,14H2,(H,24,26)(H,27,28)/b19-13-. The van der Waals surface area contributed by atoms with Gasteiger partial charge in [0, 0.05) is 29.7 Å². The summed E-state index contributed by atoms with van der Waals surface area (Å²) in [5.74, 6) is -1.26. The summed E-state index contributed by atoms with van der Waals surface area (Å²) >= 11 is 0. The van der Waals surface area contributed by atoms with E-state index in [0.717, 1.165) is 12.2 Å². The lowest BCUT2D eigenvalue weighted by atomic mass is 10.1. The van der Waals surface area contributed by atoms with E-state index >= 15 is 0 Å². The van der Waals surface area contributed by atoms with Crippen LogP contribution in [0.4, 0.5) is 11.4 Å². The van der Waals surface area contributed by atoms with Crippen molar-refractivity contribution in [2.45, 2.75) is 25.8 Å². The highest BCUT2D eigenvalue weighted by Crippen LogP contribution is 2.32. The van der Waals surface area contributed by atoms with Crippen molar-refractivity contribution in [3.8, 4) is 0 Å². The van der Waals surface area contributed by atoms with Gasteiger partial charge in [0.15, 0.2) is 0 Å². The molecule has 0 spiro atoms. The van der Waals surface area contributed by atoms with Gasteiger partial charge >= 0.3 is 5.97 Å². The van der Waals surface area contributed by atoms with Gasteiger partial charge in [-0.15, -0.1) is 0 Å². The number of nitrogens with zero attached hydrogens (tertiary/aromatic N) is 1. The Labute approximate surface area is 163 Å². The summed E-state index contributed by atoms with van der Waals surface area (Å²) in [6, 6.07) is 12.9. The third kappa shape index (κ3) is 3.92. The SMILES string of the molecule is O=C1Nc2cc(C(=O)O)ccc2/C1=C/Nc1ccc(CN2CCCCC2)cc1. The van der Waals surface area contributed by atoms with E-state index in [1.807, 2.05) is 12.1 Å². The van der Waals surface area contributed by atoms with E-state index in [-0.39, 0.29) is 11.5 Å². The first kappa shape index (κ1) is 18.3. The molecule has 0 bridgehead atoms. The first-order chi connectivity index (χ1) is 13.6. The Morgan fingerprint density at radius 1 is 1.11 bits per heavy atom. The monoisotopic (exact) mass is 377 g/mol. The van der Waals surface area contributed by atoms with Gasteiger partial charge < -0.3 is 15.7 Å². The number of piperidine rings is 1. The minimum Gasteiger partial charge on any atom is -0.478 e. The highest BCUT2D eigenvalue weighted by molar-refractivity contribution is 6.31. The van der Waals surface area contributed by atoms with Crippen LogP contribution in [-0.4, -0.2) is 35.0 Å². The van der Waals surface area contributed by atoms with Crippen LogP contribution in [0.15, 0.2) is 48.7 Å². The molecule has 1 amide bonds. The summed E-state index contributed by atoms with van der Waals surface area (Å²) < 4.78 is 0. The predicted octanol–water partition coefficient (Wildman–Crippen LogP) is 3.78. The first-order valence-electron chi connectivity index (χ1n) is 9.57. The molecule has 1 fully saturated rings. The Morgan fingerprint density at radius 2 is 1.86 bits per heavy atom. The zero-order valence-electron chi connectivity index (χ0n) is 15.6. The van der Waals surface area contributed by atoms with E-state index in [9.17, 15) is 9.59 Å². The number of fused-ring (bicyclic) bond motifs is 1. The van der Waals surface area contributed by atoms with Crippen LogP contribution in [0.25, 0.3) is 5.57 Å². The Balaban J connectivity index is 1.44. The highest BCUT2D eigenvalue weighted by atomic mass is 16.4. The largest absolute Gasteiger partial charge is 0.478 e. The molecule has 0 aromatic heterocycles. The number of hydrogen-bond acceptors (Lipinski definition) is 4. The molecule has 144 valence electrons. The number of aromatic carboxylic acids is 1. The lowest BCUT2D eigenvalue weighted by Crippen LogP contribution is -2.29. The molecule has 6 heteroatoms. The van der Waals surface area contributed by atoms with Gasteiger partial charge in [-0.1, -0.05) is 24.6 Å². The molecule has 28 heavy (non-hydrogen) atoms. The number of carboxylic acids is 1. The summed E-state index contributed by atoms with van der Waals surface area (Å²) in [6.45, 7) is 3.32. The number of amides is 1. The maximum Gasteiger partial charge on any atom is 0.335 e. The van der Waals surface area contributed by atoms with Crippen molar-refractivity contribution in [1.29, 1.82) is 0 Å². The quantitative estimate of drug-likeness (QED) is 0.691. The number of likely N-dealkylation sites (tertiary alicyclic amines) is 1. The molecule has 0 aliphatic carbocycles. The van der Waals surface area contributed by atoms with Gasteiger partial charge in [-0.2, -0.15) is 0 Å². The van der Waals surface area contributed by atoms with Crippen LogP contribution >= 0.6 is 0 Å². The topological polar surface area (TPSA) is 81.7 Å². The second-order valence-corrected chi connectivity index (χ2v) is 7.26. The lowest BCUT2D eigenvalue weighted by Gasteiger charge is -2.26. The van der Waals surface area contributed by atoms with E-state index < -0.39 is 5.97 Å². The molecule has 1 saturated heterocycles. The third-order valence-corrected chi connectivity index (χ3v) is 5.24. The van der Waals surface area contributed by atoms with Gasteiger partial charge in [-0.05, 0) is 55.8 Å². The number of anilines is 2. The normalized spacial score (nSPS) is 18.0. The van der Waals surface area contributed by atoms with Crippen molar-refractivity contribution in [2.24, 2.45) is 0 Å². The zero-order chi connectivity index (χ0) is 19.5. The van der Waals surface area contributed by atoms with Crippen molar-refractivity contribution < 1.29 is 14.7 Å². The smallest absolute Gasteiger partial charge is 0.335 e. The number of benzene rings is 2. The van der Waals surface area contributed by atoms with Crippen LogP contribution in [0.3, 0.4) is 0 Å². The van der Waals surface area contributed by atoms with E-state index in [1.165, 1.54) is 50.0 Å². The summed E-state index contributed by atoms with van der Waals surface area (Å²) in [7, 11) is 0. The maximum absolute atomic E-state index is 12.2. The van der Waals surface area contributed by atoms with Crippen LogP contribution in [0.2, 0.25) is 0 Å². The van der Waals surface area contributed by atoms with Crippen LogP contribution < -0.4 is 10.6 Å². The molecule has 2 aliphatic rings. The molecular formula is C22H23N3O3. The maximum atomic E-state index is 12.2. The van der Waals surface area contributed by atoms with Crippen molar-refractivity contribution in [2.75, 3.05) is 23.7 Å². The molecule has 4 rings (SSSR count). The number of rotatable bonds is 5. The van der Waals surface area contributed by atoms with Crippen molar-refractivity contribution in [3.05, 3.63) is 65.4 Å². The number of nitrogens with one attached hydrogen (secondary N) is 2. The number of carbonyl (C=O) groups is 2. The van der Waals surface area contributed by atoms with E-state index in [0.29, 0.717) is 16.8 Å². The second kappa shape index (κ2) is 7.86. The number of hydrogen-bond donors (Lipinski definition) is 3. The number of carboxylic acid groups (broad SMARTS) is 1. The Morgan fingerprint density at radius 3 is 2.57 bits per heavy atom. The van der Waals surface area contributed by atoms with Crippen molar-refractivity contribution in [1.82, 2.24) is 4.90 Å². The van der Waals surface area contributed by atoms with E-state index in [4.69, 9.17) is 5.11 Å². The molecule has 2 aromatic rings. The minimum atomic E-state index is -1.02. The summed E-state index contributed by atoms with van der Waals surface area (Å²) in [4.78, 5) is 25.8. The fourth-order valence-electron chi connectivity index (χ4n) is 3.71. The van der Waals surface area contributed by atoms with Crippen molar-refractivity contribution >= 4 is 28.8 Å². The van der Waals surface area contributed by atoms with Crippen LogP contribution in [-0.2, 0) is 11.3 Å². The van der Waals surface area contributed by atoms with E-state index in [1.54, 1.807) is 12.3 Å². The summed E-state index contributed by atoms with van der Waals surface area (Å²) in [5.41, 5.74) is 4.05. The van der Waals surface area contributed by atoms with Gasteiger partial charge in [0.1, 0.15) is 0 Å². The number of carbonyl (C=O) groups excluding carboxylic acids is 1. The summed E-state index contributed by atoms with van der Waals surface area (Å²) in [6.07, 6.45) is 5.57. The molecule has 0 saturated carbocycles. The molecule has 2 aromatic carbocycles. The molecule has 2 heterocycles. The highest BCUT2D eigenvalue weighted by Gasteiger charge is 2.25. The van der Waals surface area contributed by atoms with Gasteiger partial charge in [0.05, 0.1) is 11.1 Å². The Bertz CT molecular complexity index is 929. The zero-order valence-corrected chi connectivity index (χ0v) is 15.6. The van der Waals surface area contributed by atoms with Crippen LogP contribution in [0.5, 0.6) is 0 Å². The Kier molecular flexibility index (Phi) is 5.12. The molecule has 3 N–H and O–H groups in total. The van der Waals surface area contributed by atoms with Gasteiger partial charge in [0.25, 0.3) is 5.91 Å². The molecule has 6 nitrogen and oxygen atoms in total. The molecule has 2 aliphatic heterocycles. The van der Waals surface area contributed by atoms with E-state index in [2.05, 4.69) is 27.7 Å². The molecular weight excluding hydrogens is 354 g/mol. The molecule has 0 unspecified atom stereocenters. The summed E-state index contributed by atoms with van der Waals surface area (Å²) in [5, 5.41) is 15.0. The fourth-order valence-corrected chi connectivity index (χ4v) is 3.71. The van der Waals surface area contributed by atoms with Gasteiger partial charge in [0.2, 0.25) is 0 Å². The fraction of sp³-hybridized carbons (Fsp3) is 0.273.